The van der Waals surface area contributed by atoms with Crippen LogP contribution < -0.4 is 10.1 Å². The highest BCUT2D eigenvalue weighted by Crippen LogP contribution is 2.28. The van der Waals surface area contributed by atoms with Crippen molar-refractivity contribution < 1.29 is 4.74 Å². The van der Waals surface area contributed by atoms with Crippen molar-refractivity contribution in [3.63, 3.8) is 0 Å². The number of hydrogen-bond donors (Lipinski definition) is 1. The van der Waals surface area contributed by atoms with Crippen molar-refractivity contribution in [2.75, 3.05) is 13.7 Å². The molecular formula is C17H22N2O. The standard InChI is InChI=1S/C17H22N2O/c1-5-19-17(15-11-18-9-8-12(15)2)14-6-7-16(20-4)13(3)10-14/h6-11,17,19H,5H2,1-4H3. The summed E-state index contributed by atoms with van der Waals surface area (Å²) in [5.74, 6) is 0.923. The Morgan fingerprint density at radius 3 is 2.60 bits per heavy atom. The number of nitrogens with one attached hydrogen (secondary N) is 1. The van der Waals surface area contributed by atoms with Crippen LogP contribution in [0.5, 0.6) is 5.75 Å². The van der Waals surface area contributed by atoms with Crippen LogP contribution in [0.25, 0.3) is 0 Å². The van der Waals surface area contributed by atoms with E-state index in [1.165, 1.54) is 16.7 Å². The topological polar surface area (TPSA) is 34.1 Å². The first-order chi connectivity index (χ1) is 9.67. The van der Waals surface area contributed by atoms with Crippen LogP contribution in [0.3, 0.4) is 0 Å². The van der Waals surface area contributed by atoms with Gasteiger partial charge in [-0.1, -0.05) is 19.1 Å². The zero-order valence-corrected chi connectivity index (χ0v) is 12.6. The fraction of sp³-hybridized carbons (Fsp3) is 0.353. The molecule has 106 valence electrons. The van der Waals surface area contributed by atoms with Crippen molar-refractivity contribution in [1.29, 1.82) is 0 Å². The van der Waals surface area contributed by atoms with E-state index in [1.807, 2.05) is 18.5 Å². The molecule has 3 heteroatoms. The third-order valence-electron chi connectivity index (χ3n) is 3.55. The number of hydrogen-bond acceptors (Lipinski definition) is 3. The van der Waals surface area contributed by atoms with E-state index in [1.54, 1.807) is 7.11 Å². The maximum Gasteiger partial charge on any atom is 0.121 e. The van der Waals surface area contributed by atoms with Crippen molar-refractivity contribution in [2.24, 2.45) is 0 Å². The molecule has 1 N–H and O–H groups in total. The number of methoxy groups -OCH3 is 1. The molecule has 3 nitrogen and oxygen atoms in total. The summed E-state index contributed by atoms with van der Waals surface area (Å²) in [6, 6.07) is 8.54. The van der Waals surface area contributed by atoms with Crippen LogP contribution in [0.4, 0.5) is 0 Å². The van der Waals surface area contributed by atoms with Gasteiger partial charge in [-0.05, 0) is 54.8 Å². The van der Waals surface area contributed by atoms with Crippen molar-refractivity contribution in [1.82, 2.24) is 10.3 Å². The second kappa shape index (κ2) is 6.53. The Hall–Kier alpha value is -1.87. The highest BCUT2D eigenvalue weighted by molar-refractivity contribution is 5.41. The van der Waals surface area contributed by atoms with Crippen LogP contribution in [0, 0.1) is 13.8 Å². The normalized spacial score (nSPS) is 12.2. The smallest absolute Gasteiger partial charge is 0.121 e. The number of pyridine rings is 1. The van der Waals surface area contributed by atoms with Crippen LogP contribution in [0.2, 0.25) is 0 Å². The van der Waals surface area contributed by atoms with E-state index in [-0.39, 0.29) is 6.04 Å². The highest BCUT2D eigenvalue weighted by Gasteiger charge is 2.16. The van der Waals surface area contributed by atoms with Crippen LogP contribution in [-0.4, -0.2) is 18.6 Å². The van der Waals surface area contributed by atoms with E-state index in [2.05, 4.69) is 49.3 Å². The van der Waals surface area contributed by atoms with Gasteiger partial charge in [-0.3, -0.25) is 4.98 Å². The lowest BCUT2D eigenvalue weighted by Gasteiger charge is -2.21. The number of benzene rings is 1. The summed E-state index contributed by atoms with van der Waals surface area (Å²) < 4.78 is 5.34. The number of ether oxygens (including phenoxy) is 1. The molecule has 2 rings (SSSR count). The van der Waals surface area contributed by atoms with Crippen LogP contribution in [0.1, 0.15) is 35.2 Å². The number of aromatic nitrogens is 1. The summed E-state index contributed by atoms with van der Waals surface area (Å²) in [6.45, 7) is 7.22. The maximum absolute atomic E-state index is 5.34. The van der Waals surface area contributed by atoms with Crippen LogP contribution in [0.15, 0.2) is 36.7 Å². The SMILES string of the molecule is CCNC(c1ccc(OC)c(C)c1)c1cnccc1C. The summed E-state index contributed by atoms with van der Waals surface area (Å²) in [5.41, 5.74) is 4.86. The Bertz CT molecular complexity index is 581. The van der Waals surface area contributed by atoms with Gasteiger partial charge in [0.2, 0.25) is 0 Å². The minimum absolute atomic E-state index is 0.165. The molecule has 0 saturated carbocycles. The molecule has 0 aliphatic heterocycles. The number of nitrogens with zero attached hydrogens (tertiary/aromatic N) is 1. The minimum Gasteiger partial charge on any atom is -0.496 e. The molecule has 0 bridgehead atoms. The Labute approximate surface area is 121 Å². The molecule has 1 aromatic carbocycles. The molecule has 20 heavy (non-hydrogen) atoms. The molecule has 1 aromatic heterocycles. The van der Waals surface area contributed by atoms with Gasteiger partial charge in [-0.2, -0.15) is 0 Å². The quantitative estimate of drug-likeness (QED) is 0.904. The lowest BCUT2D eigenvalue weighted by molar-refractivity contribution is 0.411. The Morgan fingerprint density at radius 2 is 2.00 bits per heavy atom. The fourth-order valence-corrected chi connectivity index (χ4v) is 2.47. The zero-order chi connectivity index (χ0) is 14.5. The van der Waals surface area contributed by atoms with Gasteiger partial charge in [0.1, 0.15) is 5.75 Å². The molecule has 0 spiro atoms. The van der Waals surface area contributed by atoms with Crippen molar-refractivity contribution >= 4 is 0 Å². The molecule has 1 heterocycles. The third-order valence-corrected chi connectivity index (χ3v) is 3.55. The van der Waals surface area contributed by atoms with Gasteiger partial charge < -0.3 is 10.1 Å². The summed E-state index contributed by atoms with van der Waals surface area (Å²) in [6.07, 6.45) is 3.78. The van der Waals surface area contributed by atoms with Gasteiger partial charge in [0, 0.05) is 12.4 Å². The summed E-state index contributed by atoms with van der Waals surface area (Å²) in [5, 5.41) is 3.54. The molecule has 0 saturated heterocycles. The molecule has 1 atom stereocenters. The minimum atomic E-state index is 0.165. The van der Waals surface area contributed by atoms with E-state index < -0.39 is 0 Å². The molecule has 2 aromatic rings. The van der Waals surface area contributed by atoms with Gasteiger partial charge in [0.05, 0.1) is 13.2 Å². The average Bonchev–Trinajstić information content (AvgIpc) is 2.46. The van der Waals surface area contributed by atoms with Gasteiger partial charge in [-0.25, -0.2) is 0 Å². The van der Waals surface area contributed by atoms with Crippen molar-refractivity contribution in [2.45, 2.75) is 26.8 Å². The van der Waals surface area contributed by atoms with Gasteiger partial charge in [-0.15, -0.1) is 0 Å². The maximum atomic E-state index is 5.34. The summed E-state index contributed by atoms with van der Waals surface area (Å²) in [4.78, 5) is 4.27. The first-order valence-electron chi connectivity index (χ1n) is 6.95. The van der Waals surface area contributed by atoms with Crippen molar-refractivity contribution in [3.8, 4) is 5.75 Å². The highest BCUT2D eigenvalue weighted by atomic mass is 16.5. The molecule has 0 radical (unpaired) electrons. The first kappa shape index (κ1) is 14.5. The lowest BCUT2D eigenvalue weighted by Crippen LogP contribution is -2.23. The van der Waals surface area contributed by atoms with Crippen molar-refractivity contribution in [3.05, 3.63) is 58.9 Å². The summed E-state index contributed by atoms with van der Waals surface area (Å²) in [7, 11) is 1.70. The van der Waals surface area contributed by atoms with E-state index in [4.69, 9.17) is 4.74 Å². The van der Waals surface area contributed by atoms with Gasteiger partial charge in [0.15, 0.2) is 0 Å². The van der Waals surface area contributed by atoms with E-state index in [0.29, 0.717) is 0 Å². The first-order valence-corrected chi connectivity index (χ1v) is 6.95. The fourth-order valence-electron chi connectivity index (χ4n) is 2.47. The lowest BCUT2D eigenvalue weighted by atomic mass is 9.95. The van der Waals surface area contributed by atoms with Crippen LogP contribution >= 0.6 is 0 Å². The van der Waals surface area contributed by atoms with E-state index in [0.717, 1.165) is 17.9 Å². The molecule has 1 unspecified atom stereocenters. The number of rotatable bonds is 5. The van der Waals surface area contributed by atoms with E-state index >= 15 is 0 Å². The molecular weight excluding hydrogens is 248 g/mol. The van der Waals surface area contributed by atoms with Gasteiger partial charge in [0.25, 0.3) is 0 Å². The predicted octanol–water partition coefficient (Wildman–Crippen LogP) is 3.41. The second-order valence-electron chi connectivity index (χ2n) is 4.95. The molecule has 0 aliphatic rings. The summed E-state index contributed by atoms with van der Waals surface area (Å²) >= 11 is 0. The predicted molar refractivity (Wildman–Crippen MR) is 82.2 cm³/mol. The third kappa shape index (κ3) is 2.99. The monoisotopic (exact) mass is 270 g/mol. The zero-order valence-electron chi connectivity index (χ0n) is 12.6. The van der Waals surface area contributed by atoms with Crippen LogP contribution in [-0.2, 0) is 0 Å². The average molecular weight is 270 g/mol. The second-order valence-corrected chi connectivity index (χ2v) is 4.95. The van der Waals surface area contributed by atoms with E-state index in [9.17, 15) is 0 Å². The van der Waals surface area contributed by atoms with Gasteiger partial charge >= 0.3 is 0 Å². The Kier molecular flexibility index (Phi) is 4.74. The number of aryl methyl sites for hydroxylation is 2. The molecule has 0 fully saturated rings. The largest absolute Gasteiger partial charge is 0.496 e. The Balaban J connectivity index is 2.43. The molecule has 0 amide bonds. The Morgan fingerprint density at radius 1 is 1.20 bits per heavy atom. The molecule has 0 aliphatic carbocycles.